The smallest absolute Gasteiger partial charge is 0.220 e. The average molecular weight is 286 g/mol. The maximum atomic E-state index is 11.5. The highest BCUT2D eigenvalue weighted by Crippen LogP contribution is 2.15. The Balaban J connectivity index is 2.24. The largest absolute Gasteiger partial charge is 0.387 e. The number of unbranched alkanes of at least 4 members (excludes halogenated alkanes) is 1. The molecule has 0 aromatic heterocycles. The molecule has 0 saturated heterocycles. The molecule has 106 valence electrons. The van der Waals surface area contributed by atoms with E-state index in [0.29, 0.717) is 18.1 Å². The van der Waals surface area contributed by atoms with Crippen LogP contribution in [0.5, 0.6) is 0 Å². The molecule has 0 radical (unpaired) electrons. The van der Waals surface area contributed by atoms with Crippen LogP contribution in [0.2, 0.25) is 5.02 Å². The van der Waals surface area contributed by atoms with Gasteiger partial charge in [0.25, 0.3) is 0 Å². The summed E-state index contributed by atoms with van der Waals surface area (Å²) in [6, 6.07) is 6.93. The number of methoxy groups -OCH3 is 1. The average Bonchev–Trinajstić information content (AvgIpc) is 2.42. The summed E-state index contributed by atoms with van der Waals surface area (Å²) in [5, 5.41) is 13.2. The molecular weight excluding hydrogens is 266 g/mol. The number of amides is 1. The normalized spacial score (nSPS) is 12.2. The third kappa shape index (κ3) is 6.57. The molecule has 1 rings (SSSR count). The van der Waals surface area contributed by atoms with E-state index in [-0.39, 0.29) is 12.5 Å². The summed E-state index contributed by atoms with van der Waals surface area (Å²) < 4.78 is 4.91. The van der Waals surface area contributed by atoms with Crippen LogP contribution in [0.25, 0.3) is 0 Å². The van der Waals surface area contributed by atoms with Crippen LogP contribution in [0.3, 0.4) is 0 Å². The number of rotatable bonds is 8. The highest BCUT2D eigenvalue weighted by Gasteiger charge is 2.09. The third-order valence-corrected chi connectivity index (χ3v) is 3.00. The van der Waals surface area contributed by atoms with Crippen molar-refractivity contribution in [1.82, 2.24) is 5.32 Å². The van der Waals surface area contributed by atoms with E-state index in [4.69, 9.17) is 16.3 Å². The van der Waals surface area contributed by atoms with E-state index in [2.05, 4.69) is 5.32 Å². The molecule has 0 bridgehead atoms. The minimum atomic E-state index is -0.708. The maximum Gasteiger partial charge on any atom is 0.220 e. The zero-order valence-corrected chi connectivity index (χ0v) is 11.8. The van der Waals surface area contributed by atoms with Crippen LogP contribution >= 0.6 is 11.6 Å². The van der Waals surface area contributed by atoms with E-state index in [1.54, 1.807) is 31.4 Å². The Morgan fingerprint density at radius 3 is 2.68 bits per heavy atom. The van der Waals surface area contributed by atoms with Crippen LogP contribution < -0.4 is 5.32 Å². The molecule has 5 heteroatoms. The molecule has 0 saturated carbocycles. The van der Waals surface area contributed by atoms with Crippen LogP contribution in [-0.4, -0.2) is 31.3 Å². The topological polar surface area (TPSA) is 58.6 Å². The minimum Gasteiger partial charge on any atom is -0.387 e. The van der Waals surface area contributed by atoms with E-state index in [9.17, 15) is 9.90 Å². The molecule has 0 aliphatic heterocycles. The first-order chi connectivity index (χ1) is 9.13. The first-order valence-corrected chi connectivity index (χ1v) is 6.70. The summed E-state index contributed by atoms with van der Waals surface area (Å²) in [5.74, 6) is -0.0517. The number of benzene rings is 1. The van der Waals surface area contributed by atoms with Gasteiger partial charge in [-0.3, -0.25) is 4.79 Å². The second-order valence-corrected chi connectivity index (χ2v) is 4.76. The van der Waals surface area contributed by atoms with Gasteiger partial charge in [0.15, 0.2) is 0 Å². The Morgan fingerprint density at radius 2 is 2.05 bits per heavy atom. The summed E-state index contributed by atoms with van der Waals surface area (Å²) in [6.07, 6.45) is 1.40. The summed E-state index contributed by atoms with van der Waals surface area (Å²) >= 11 is 5.77. The van der Waals surface area contributed by atoms with Crippen LogP contribution in [-0.2, 0) is 9.53 Å². The van der Waals surface area contributed by atoms with Crippen molar-refractivity contribution in [3.63, 3.8) is 0 Å². The maximum absolute atomic E-state index is 11.5. The number of halogens is 1. The zero-order valence-electron chi connectivity index (χ0n) is 11.1. The van der Waals surface area contributed by atoms with E-state index in [0.717, 1.165) is 18.4 Å². The minimum absolute atomic E-state index is 0.0517. The van der Waals surface area contributed by atoms with Crippen molar-refractivity contribution in [1.29, 1.82) is 0 Å². The van der Waals surface area contributed by atoms with Crippen molar-refractivity contribution >= 4 is 17.5 Å². The molecule has 0 spiro atoms. The van der Waals surface area contributed by atoms with Gasteiger partial charge < -0.3 is 15.2 Å². The molecule has 2 N–H and O–H groups in total. The van der Waals surface area contributed by atoms with Gasteiger partial charge in [-0.1, -0.05) is 23.7 Å². The Kier molecular flexibility index (Phi) is 7.48. The molecular formula is C14H20ClNO3. The van der Waals surface area contributed by atoms with Crippen LogP contribution in [0.1, 0.15) is 30.9 Å². The predicted octanol–water partition coefficient (Wildman–Crippen LogP) is 2.31. The van der Waals surface area contributed by atoms with Crippen LogP contribution in [0.15, 0.2) is 24.3 Å². The third-order valence-electron chi connectivity index (χ3n) is 2.75. The lowest BCUT2D eigenvalue weighted by atomic mass is 10.1. The molecule has 1 unspecified atom stereocenters. The number of carbonyl (C=O) groups is 1. The molecule has 4 nitrogen and oxygen atoms in total. The first kappa shape index (κ1) is 16.0. The Hall–Kier alpha value is -1.10. The highest BCUT2D eigenvalue weighted by atomic mass is 35.5. The lowest BCUT2D eigenvalue weighted by molar-refractivity contribution is -0.121. The van der Waals surface area contributed by atoms with Crippen LogP contribution in [0, 0.1) is 0 Å². The van der Waals surface area contributed by atoms with Crippen molar-refractivity contribution in [3.8, 4) is 0 Å². The van der Waals surface area contributed by atoms with Crippen molar-refractivity contribution in [2.24, 2.45) is 0 Å². The van der Waals surface area contributed by atoms with Gasteiger partial charge in [0.05, 0.1) is 6.10 Å². The van der Waals surface area contributed by atoms with Gasteiger partial charge in [0.2, 0.25) is 5.91 Å². The SMILES string of the molecule is COCCCCC(=O)NCC(O)c1ccc(Cl)cc1. The lowest BCUT2D eigenvalue weighted by Gasteiger charge is -2.12. The number of aliphatic hydroxyl groups excluding tert-OH is 1. The Bertz CT molecular complexity index is 381. The van der Waals surface area contributed by atoms with E-state index >= 15 is 0 Å². The standard InChI is InChI=1S/C14H20ClNO3/c1-19-9-3-2-4-14(18)16-10-13(17)11-5-7-12(15)8-6-11/h5-8,13,17H,2-4,9-10H2,1H3,(H,16,18). The number of hydrogen-bond acceptors (Lipinski definition) is 3. The van der Waals surface area contributed by atoms with Crippen molar-refractivity contribution in [3.05, 3.63) is 34.9 Å². The summed E-state index contributed by atoms with van der Waals surface area (Å²) in [7, 11) is 1.64. The number of nitrogens with one attached hydrogen (secondary N) is 1. The van der Waals surface area contributed by atoms with Gasteiger partial charge in [0.1, 0.15) is 0 Å². The second-order valence-electron chi connectivity index (χ2n) is 4.32. The summed E-state index contributed by atoms with van der Waals surface area (Å²) in [5.41, 5.74) is 0.740. The Labute approximate surface area is 118 Å². The van der Waals surface area contributed by atoms with E-state index < -0.39 is 6.10 Å². The number of ether oxygens (including phenoxy) is 1. The zero-order chi connectivity index (χ0) is 14.1. The van der Waals surface area contributed by atoms with E-state index in [1.165, 1.54) is 0 Å². The predicted molar refractivity (Wildman–Crippen MR) is 75.1 cm³/mol. The fourth-order valence-electron chi connectivity index (χ4n) is 1.63. The van der Waals surface area contributed by atoms with Crippen molar-refractivity contribution in [2.75, 3.05) is 20.3 Å². The molecule has 1 amide bonds. The molecule has 1 atom stereocenters. The van der Waals surface area contributed by atoms with Crippen LogP contribution in [0.4, 0.5) is 0 Å². The van der Waals surface area contributed by atoms with Gasteiger partial charge in [-0.2, -0.15) is 0 Å². The van der Waals surface area contributed by atoms with Crippen molar-refractivity contribution < 1.29 is 14.6 Å². The fourth-order valence-corrected chi connectivity index (χ4v) is 1.76. The first-order valence-electron chi connectivity index (χ1n) is 6.32. The molecule has 1 aromatic rings. The lowest BCUT2D eigenvalue weighted by Crippen LogP contribution is -2.28. The molecule has 0 fully saturated rings. The summed E-state index contributed by atoms with van der Waals surface area (Å²) in [4.78, 5) is 11.5. The number of hydrogen-bond donors (Lipinski definition) is 2. The quantitative estimate of drug-likeness (QED) is 0.721. The molecule has 0 aliphatic carbocycles. The number of carbonyl (C=O) groups excluding carboxylic acids is 1. The van der Waals surface area contributed by atoms with Gasteiger partial charge in [0, 0.05) is 31.7 Å². The summed E-state index contributed by atoms with van der Waals surface area (Å²) in [6.45, 7) is 0.880. The van der Waals surface area contributed by atoms with Gasteiger partial charge in [-0.05, 0) is 30.5 Å². The van der Waals surface area contributed by atoms with E-state index in [1.807, 2.05) is 0 Å². The van der Waals surface area contributed by atoms with Crippen molar-refractivity contribution in [2.45, 2.75) is 25.4 Å². The van der Waals surface area contributed by atoms with Gasteiger partial charge >= 0.3 is 0 Å². The molecule has 19 heavy (non-hydrogen) atoms. The Morgan fingerprint density at radius 1 is 1.37 bits per heavy atom. The highest BCUT2D eigenvalue weighted by molar-refractivity contribution is 6.30. The monoisotopic (exact) mass is 285 g/mol. The molecule has 0 aliphatic rings. The fraction of sp³-hybridized carbons (Fsp3) is 0.500. The van der Waals surface area contributed by atoms with Gasteiger partial charge in [-0.25, -0.2) is 0 Å². The second kappa shape index (κ2) is 8.91. The molecule has 1 aromatic carbocycles. The number of aliphatic hydroxyl groups is 1. The van der Waals surface area contributed by atoms with Gasteiger partial charge in [-0.15, -0.1) is 0 Å². The molecule has 0 heterocycles.